The fourth-order valence-corrected chi connectivity index (χ4v) is 2.99. The van der Waals surface area contributed by atoms with Gasteiger partial charge in [0, 0.05) is 0 Å². The molecule has 1 aliphatic carbocycles. The van der Waals surface area contributed by atoms with Crippen LogP contribution < -0.4 is 10.5 Å². The lowest BCUT2D eigenvalue weighted by Gasteiger charge is -2.14. The number of hydrogen-bond acceptors (Lipinski definition) is 2. The highest BCUT2D eigenvalue weighted by Gasteiger charge is 2.57. The van der Waals surface area contributed by atoms with Crippen molar-refractivity contribution in [3.05, 3.63) is 29.3 Å². The molecule has 2 nitrogen and oxygen atoms in total. The van der Waals surface area contributed by atoms with Crippen molar-refractivity contribution in [3.8, 4) is 5.75 Å². The van der Waals surface area contributed by atoms with Gasteiger partial charge in [-0.3, -0.25) is 0 Å². The second-order valence-electron chi connectivity index (χ2n) is 5.60. The van der Waals surface area contributed by atoms with Crippen molar-refractivity contribution in [2.75, 3.05) is 13.7 Å². The summed E-state index contributed by atoms with van der Waals surface area (Å²) >= 11 is 0. The van der Waals surface area contributed by atoms with Crippen LogP contribution in [0.15, 0.2) is 18.2 Å². The molecule has 1 aliphatic rings. The summed E-state index contributed by atoms with van der Waals surface area (Å²) in [6.45, 7) is 4.56. The summed E-state index contributed by atoms with van der Waals surface area (Å²) in [6.07, 6.45) is -4.40. The highest BCUT2D eigenvalue weighted by molar-refractivity contribution is 5.43. The molecule has 0 radical (unpaired) electrons. The summed E-state index contributed by atoms with van der Waals surface area (Å²) in [4.78, 5) is 0. The Bertz CT molecular complexity index is 482. The molecule has 2 N–H and O–H groups in total. The van der Waals surface area contributed by atoms with E-state index in [2.05, 4.69) is 0 Å². The number of alkyl halides is 3. The van der Waals surface area contributed by atoms with Gasteiger partial charge in [-0.15, -0.1) is 0 Å². The van der Waals surface area contributed by atoms with Crippen LogP contribution in [0.25, 0.3) is 0 Å². The van der Waals surface area contributed by atoms with Crippen LogP contribution in [0.2, 0.25) is 0 Å². The maximum Gasteiger partial charge on any atom is 0.419 e. The Morgan fingerprint density at radius 3 is 2.37 bits per heavy atom. The SMILES string of the molecule is COc1ccc([C@@H]2[C@@H](CN)C2(C)C)cc1C(F)(F)F. The maximum absolute atomic E-state index is 13.0. The number of nitrogens with two attached hydrogens (primary N) is 1. The zero-order chi connectivity index (χ0) is 14.4. The van der Waals surface area contributed by atoms with Crippen LogP contribution >= 0.6 is 0 Å². The van der Waals surface area contributed by atoms with E-state index < -0.39 is 11.7 Å². The number of methoxy groups -OCH3 is 1. The molecule has 1 fully saturated rings. The van der Waals surface area contributed by atoms with Gasteiger partial charge in [0.25, 0.3) is 0 Å². The standard InChI is InChI=1S/C14H18F3NO/c1-13(2)10(7-18)12(13)8-4-5-11(19-3)9(6-8)14(15,16)17/h4-6,10,12H,7,18H2,1-3H3/t10-,12-/m1/s1. The van der Waals surface area contributed by atoms with Gasteiger partial charge in [0.15, 0.2) is 0 Å². The Balaban J connectivity index is 2.40. The lowest BCUT2D eigenvalue weighted by atomic mass is 10.0. The zero-order valence-corrected chi connectivity index (χ0v) is 11.2. The molecule has 0 bridgehead atoms. The quantitative estimate of drug-likeness (QED) is 0.916. The van der Waals surface area contributed by atoms with Crippen LogP contribution in [0.5, 0.6) is 5.75 Å². The van der Waals surface area contributed by atoms with Gasteiger partial charge in [-0.25, -0.2) is 0 Å². The number of hydrogen-bond donors (Lipinski definition) is 1. The Kier molecular flexibility index (Phi) is 3.29. The molecule has 0 spiro atoms. The van der Waals surface area contributed by atoms with Gasteiger partial charge in [0.1, 0.15) is 5.75 Å². The average molecular weight is 273 g/mol. The smallest absolute Gasteiger partial charge is 0.419 e. The van der Waals surface area contributed by atoms with E-state index in [-0.39, 0.29) is 23.0 Å². The minimum atomic E-state index is -4.40. The van der Waals surface area contributed by atoms with Crippen molar-refractivity contribution in [1.82, 2.24) is 0 Å². The molecular weight excluding hydrogens is 255 g/mol. The van der Waals surface area contributed by atoms with E-state index in [9.17, 15) is 13.2 Å². The van der Waals surface area contributed by atoms with Crippen molar-refractivity contribution in [1.29, 1.82) is 0 Å². The summed E-state index contributed by atoms with van der Waals surface area (Å²) in [5.74, 6) is 0.186. The van der Waals surface area contributed by atoms with Crippen molar-refractivity contribution in [2.24, 2.45) is 17.1 Å². The van der Waals surface area contributed by atoms with E-state index in [4.69, 9.17) is 10.5 Å². The van der Waals surface area contributed by atoms with Crippen LogP contribution in [0.1, 0.15) is 30.9 Å². The minimum Gasteiger partial charge on any atom is -0.496 e. The van der Waals surface area contributed by atoms with Gasteiger partial charge in [-0.1, -0.05) is 19.9 Å². The number of benzene rings is 1. The topological polar surface area (TPSA) is 35.2 Å². The van der Waals surface area contributed by atoms with E-state index in [0.29, 0.717) is 12.1 Å². The lowest BCUT2D eigenvalue weighted by molar-refractivity contribution is -0.138. The van der Waals surface area contributed by atoms with Gasteiger partial charge in [-0.05, 0) is 41.5 Å². The van der Waals surface area contributed by atoms with Crippen LogP contribution in [-0.4, -0.2) is 13.7 Å². The third kappa shape index (κ3) is 2.31. The Morgan fingerprint density at radius 1 is 1.32 bits per heavy atom. The minimum absolute atomic E-state index is 0.0355. The molecule has 1 aromatic carbocycles. The molecule has 2 rings (SSSR count). The molecule has 0 aliphatic heterocycles. The molecule has 1 saturated carbocycles. The number of ether oxygens (including phenoxy) is 1. The van der Waals surface area contributed by atoms with Crippen molar-refractivity contribution < 1.29 is 17.9 Å². The third-order valence-electron chi connectivity index (χ3n) is 4.19. The van der Waals surface area contributed by atoms with E-state index in [1.165, 1.54) is 19.2 Å². The van der Waals surface area contributed by atoms with E-state index >= 15 is 0 Å². The lowest BCUT2D eigenvalue weighted by Crippen LogP contribution is -2.08. The fourth-order valence-electron chi connectivity index (χ4n) is 2.99. The van der Waals surface area contributed by atoms with E-state index in [1.807, 2.05) is 13.8 Å². The van der Waals surface area contributed by atoms with E-state index in [1.54, 1.807) is 6.07 Å². The second kappa shape index (κ2) is 4.40. The molecule has 106 valence electrons. The molecule has 0 amide bonds. The van der Waals surface area contributed by atoms with Crippen LogP contribution in [0, 0.1) is 11.3 Å². The first kappa shape index (κ1) is 14.2. The van der Waals surface area contributed by atoms with Crippen LogP contribution in [0.3, 0.4) is 0 Å². The molecule has 2 atom stereocenters. The number of halogens is 3. The molecule has 0 aromatic heterocycles. The molecule has 0 unspecified atom stereocenters. The predicted octanol–water partition coefficient (Wildman–Crippen LogP) is 3.41. The average Bonchev–Trinajstić information content (AvgIpc) is 2.89. The first-order valence-electron chi connectivity index (χ1n) is 6.18. The highest BCUT2D eigenvalue weighted by Crippen LogP contribution is 2.64. The van der Waals surface area contributed by atoms with Gasteiger partial charge in [0.05, 0.1) is 12.7 Å². The molecule has 1 aromatic rings. The van der Waals surface area contributed by atoms with Gasteiger partial charge < -0.3 is 10.5 Å². The van der Waals surface area contributed by atoms with Crippen molar-refractivity contribution in [2.45, 2.75) is 25.9 Å². The number of rotatable bonds is 3. The first-order chi connectivity index (χ1) is 8.73. The summed E-state index contributed by atoms with van der Waals surface area (Å²) in [5.41, 5.74) is 5.61. The zero-order valence-electron chi connectivity index (χ0n) is 11.2. The maximum atomic E-state index is 13.0. The molecule has 0 saturated heterocycles. The largest absolute Gasteiger partial charge is 0.496 e. The van der Waals surface area contributed by atoms with E-state index in [0.717, 1.165) is 0 Å². The normalized spacial score (nSPS) is 25.2. The predicted molar refractivity (Wildman–Crippen MR) is 67.1 cm³/mol. The summed E-state index contributed by atoms with van der Waals surface area (Å²) in [7, 11) is 1.24. The van der Waals surface area contributed by atoms with Crippen molar-refractivity contribution in [3.63, 3.8) is 0 Å². The Hall–Kier alpha value is -1.23. The molecule has 5 heteroatoms. The summed E-state index contributed by atoms with van der Waals surface area (Å²) in [5, 5.41) is 0. The molecule has 19 heavy (non-hydrogen) atoms. The first-order valence-corrected chi connectivity index (χ1v) is 6.18. The monoisotopic (exact) mass is 273 g/mol. The Labute approximate surface area is 110 Å². The summed E-state index contributed by atoms with van der Waals surface area (Å²) in [6, 6.07) is 4.29. The molecule has 0 heterocycles. The van der Waals surface area contributed by atoms with Gasteiger partial charge >= 0.3 is 6.18 Å². The molecular formula is C14H18F3NO. The highest BCUT2D eigenvalue weighted by atomic mass is 19.4. The van der Waals surface area contributed by atoms with Gasteiger partial charge in [-0.2, -0.15) is 13.2 Å². The van der Waals surface area contributed by atoms with Crippen LogP contribution in [0.4, 0.5) is 13.2 Å². The van der Waals surface area contributed by atoms with Crippen molar-refractivity contribution >= 4 is 0 Å². The van der Waals surface area contributed by atoms with Crippen LogP contribution in [-0.2, 0) is 6.18 Å². The summed E-state index contributed by atoms with van der Waals surface area (Å²) < 4.78 is 43.7. The van der Waals surface area contributed by atoms with Gasteiger partial charge in [0.2, 0.25) is 0 Å². The Morgan fingerprint density at radius 2 is 1.95 bits per heavy atom. The third-order valence-corrected chi connectivity index (χ3v) is 4.19. The fraction of sp³-hybridized carbons (Fsp3) is 0.571. The second-order valence-corrected chi connectivity index (χ2v) is 5.60.